The van der Waals surface area contributed by atoms with Gasteiger partial charge in [0.2, 0.25) is 0 Å². The number of rotatable bonds is 9. The molecule has 8 heteroatoms. The number of halogens is 1. The van der Waals surface area contributed by atoms with Gasteiger partial charge in [0.15, 0.2) is 0 Å². The van der Waals surface area contributed by atoms with Gasteiger partial charge in [-0.2, -0.15) is 0 Å². The van der Waals surface area contributed by atoms with E-state index in [0.717, 1.165) is 23.9 Å². The number of carbonyl (C=O) groups excluding carboxylic acids is 1. The lowest BCUT2D eigenvalue weighted by molar-refractivity contribution is 0.0984. The maximum absolute atomic E-state index is 12.7. The third-order valence-corrected chi connectivity index (χ3v) is 8.22. The van der Waals surface area contributed by atoms with E-state index in [4.69, 9.17) is 16.6 Å². The minimum atomic E-state index is -0.289. The van der Waals surface area contributed by atoms with Crippen molar-refractivity contribution < 1.29 is 4.79 Å². The molecule has 3 heterocycles. The summed E-state index contributed by atoms with van der Waals surface area (Å²) < 4.78 is 2.85. The van der Waals surface area contributed by atoms with Crippen LogP contribution in [0, 0.1) is 11.8 Å². The number of pyridine rings is 2. The second-order valence-corrected chi connectivity index (χ2v) is 13.2. The zero-order chi connectivity index (χ0) is 26.7. The summed E-state index contributed by atoms with van der Waals surface area (Å²) >= 11 is 7.50. The van der Waals surface area contributed by atoms with E-state index in [1.165, 1.54) is 31.3 Å². The molecule has 0 aliphatic carbocycles. The second-order valence-electron chi connectivity index (χ2n) is 12.0. The molecular formula is C28H42ClN5OS. The molecule has 2 aromatic heterocycles. The molecule has 1 saturated heterocycles. The van der Waals surface area contributed by atoms with Crippen LogP contribution in [0.4, 0.5) is 5.82 Å². The SMILES string of the molecule is CC(C)C(CCC1CN(C)C(C)(C)C1)Nc1cccc(SNC(=O)c2ccc(C(C)(C)C)nc2Cl)n1. The molecule has 0 aromatic carbocycles. The van der Waals surface area contributed by atoms with Crippen LogP contribution >= 0.6 is 23.5 Å². The van der Waals surface area contributed by atoms with Crippen LogP contribution in [-0.4, -0.2) is 45.9 Å². The van der Waals surface area contributed by atoms with E-state index in [1.807, 2.05) is 24.3 Å². The van der Waals surface area contributed by atoms with Crippen molar-refractivity contribution >= 4 is 35.3 Å². The molecule has 2 unspecified atom stereocenters. The van der Waals surface area contributed by atoms with Crippen LogP contribution in [0.15, 0.2) is 35.4 Å². The fraction of sp³-hybridized carbons (Fsp3) is 0.607. The van der Waals surface area contributed by atoms with Gasteiger partial charge in [0, 0.05) is 41.2 Å². The number of hydrogen-bond donors (Lipinski definition) is 2. The normalized spacial score (nSPS) is 18.9. The van der Waals surface area contributed by atoms with Gasteiger partial charge in [-0.1, -0.05) is 52.3 Å². The summed E-state index contributed by atoms with van der Waals surface area (Å²) in [5, 5.41) is 4.56. The summed E-state index contributed by atoms with van der Waals surface area (Å²) in [7, 11) is 2.23. The first-order valence-electron chi connectivity index (χ1n) is 12.9. The van der Waals surface area contributed by atoms with Crippen LogP contribution in [-0.2, 0) is 5.41 Å². The van der Waals surface area contributed by atoms with E-state index in [9.17, 15) is 4.79 Å². The van der Waals surface area contributed by atoms with Crippen LogP contribution in [0.25, 0.3) is 0 Å². The Morgan fingerprint density at radius 2 is 1.94 bits per heavy atom. The smallest absolute Gasteiger partial charge is 0.264 e. The number of aromatic nitrogens is 2. The molecule has 0 radical (unpaired) electrons. The van der Waals surface area contributed by atoms with E-state index in [1.54, 1.807) is 6.07 Å². The number of likely N-dealkylation sites (tertiary alicyclic amines) is 1. The van der Waals surface area contributed by atoms with Gasteiger partial charge >= 0.3 is 0 Å². The summed E-state index contributed by atoms with van der Waals surface area (Å²) in [6.07, 6.45) is 3.56. The first kappa shape index (κ1) is 28.7. The minimum absolute atomic E-state index is 0.136. The first-order valence-corrected chi connectivity index (χ1v) is 14.0. The molecular weight excluding hydrogens is 490 g/mol. The number of hydrogen-bond acceptors (Lipinski definition) is 6. The van der Waals surface area contributed by atoms with Gasteiger partial charge in [0.1, 0.15) is 16.0 Å². The Morgan fingerprint density at radius 1 is 1.22 bits per heavy atom. The van der Waals surface area contributed by atoms with E-state index in [-0.39, 0.29) is 22.0 Å². The molecule has 1 aliphatic heterocycles. The Hall–Kier alpha value is -1.83. The molecule has 2 atom stereocenters. The molecule has 2 aromatic rings. The molecule has 0 bridgehead atoms. The highest BCUT2D eigenvalue weighted by molar-refractivity contribution is 7.97. The fourth-order valence-electron chi connectivity index (χ4n) is 4.66. The zero-order valence-corrected chi connectivity index (χ0v) is 24.6. The lowest BCUT2D eigenvalue weighted by atomic mass is 9.89. The zero-order valence-electron chi connectivity index (χ0n) is 23.0. The van der Waals surface area contributed by atoms with Crippen LogP contribution in [0.5, 0.6) is 0 Å². The maximum atomic E-state index is 12.7. The van der Waals surface area contributed by atoms with Gasteiger partial charge in [0.25, 0.3) is 5.91 Å². The third kappa shape index (κ3) is 7.59. The average molecular weight is 532 g/mol. The molecule has 2 N–H and O–H groups in total. The second kappa shape index (κ2) is 11.7. The third-order valence-electron chi connectivity index (χ3n) is 7.21. The van der Waals surface area contributed by atoms with Crippen molar-refractivity contribution in [3.63, 3.8) is 0 Å². The van der Waals surface area contributed by atoms with Gasteiger partial charge in [-0.15, -0.1) is 0 Å². The molecule has 1 aliphatic rings. The van der Waals surface area contributed by atoms with Crippen molar-refractivity contribution in [2.75, 3.05) is 18.9 Å². The number of nitrogens with one attached hydrogen (secondary N) is 2. The van der Waals surface area contributed by atoms with Crippen LogP contribution in [0.3, 0.4) is 0 Å². The average Bonchev–Trinajstić information content (AvgIpc) is 3.05. The van der Waals surface area contributed by atoms with Gasteiger partial charge in [0.05, 0.1) is 5.56 Å². The van der Waals surface area contributed by atoms with Gasteiger partial charge in [-0.05, 0) is 76.3 Å². The summed E-state index contributed by atoms with van der Waals surface area (Å²) in [4.78, 5) is 24.3. The Balaban J connectivity index is 1.58. The van der Waals surface area contributed by atoms with Gasteiger partial charge in [-0.3, -0.25) is 9.52 Å². The minimum Gasteiger partial charge on any atom is -0.367 e. The van der Waals surface area contributed by atoms with Crippen LogP contribution in [0.2, 0.25) is 5.15 Å². The lowest BCUT2D eigenvalue weighted by Crippen LogP contribution is -2.34. The van der Waals surface area contributed by atoms with Crippen LogP contribution in [0.1, 0.15) is 83.8 Å². The van der Waals surface area contributed by atoms with Crippen molar-refractivity contribution in [1.29, 1.82) is 0 Å². The predicted octanol–water partition coefficient (Wildman–Crippen LogP) is 6.81. The highest BCUT2D eigenvalue weighted by Crippen LogP contribution is 2.34. The standard InChI is InChI=1S/C28H42ClN5OS/c1-18(2)21(14-12-19-16-28(6,7)34(8)17-19)30-23-10-9-11-24(32-23)36-33-26(35)20-13-15-22(27(3,4)5)31-25(20)29/h9-11,13,15,18-19,21H,12,14,16-17H2,1-8H3,(H,30,32)(H,33,35). The number of amides is 1. The number of carbonyl (C=O) groups is 1. The molecule has 1 fully saturated rings. The molecule has 0 saturated carbocycles. The Kier molecular flexibility index (Phi) is 9.34. The van der Waals surface area contributed by atoms with Crippen molar-refractivity contribution in [2.24, 2.45) is 11.8 Å². The van der Waals surface area contributed by atoms with E-state index < -0.39 is 0 Å². The summed E-state index contributed by atoms with van der Waals surface area (Å²) in [6, 6.07) is 9.76. The molecule has 1 amide bonds. The summed E-state index contributed by atoms with van der Waals surface area (Å²) in [6.45, 7) is 16.5. The van der Waals surface area contributed by atoms with E-state index in [2.05, 4.69) is 75.4 Å². The number of anilines is 1. The molecule has 3 rings (SSSR count). The summed E-state index contributed by atoms with van der Waals surface area (Å²) in [5.41, 5.74) is 1.35. The monoisotopic (exact) mass is 531 g/mol. The fourth-order valence-corrected chi connectivity index (χ4v) is 5.50. The number of nitrogens with zero attached hydrogens (tertiary/aromatic N) is 3. The topological polar surface area (TPSA) is 70.2 Å². The predicted molar refractivity (Wildman–Crippen MR) is 152 cm³/mol. The molecule has 6 nitrogen and oxygen atoms in total. The maximum Gasteiger partial charge on any atom is 0.264 e. The van der Waals surface area contributed by atoms with Crippen molar-refractivity contribution in [1.82, 2.24) is 19.6 Å². The van der Waals surface area contributed by atoms with E-state index in [0.29, 0.717) is 22.5 Å². The molecule has 0 spiro atoms. The van der Waals surface area contributed by atoms with Gasteiger partial charge in [-0.25, -0.2) is 9.97 Å². The largest absolute Gasteiger partial charge is 0.367 e. The molecule has 198 valence electrons. The summed E-state index contributed by atoms with van der Waals surface area (Å²) in [5.74, 6) is 1.76. The van der Waals surface area contributed by atoms with Crippen molar-refractivity contribution in [3.05, 3.63) is 46.7 Å². The quantitative estimate of drug-likeness (QED) is 0.273. The Morgan fingerprint density at radius 3 is 2.53 bits per heavy atom. The lowest BCUT2D eigenvalue weighted by Gasteiger charge is -2.26. The van der Waals surface area contributed by atoms with Crippen molar-refractivity contribution in [3.8, 4) is 0 Å². The van der Waals surface area contributed by atoms with Gasteiger partial charge < -0.3 is 10.2 Å². The Labute approximate surface area is 226 Å². The van der Waals surface area contributed by atoms with Crippen LogP contribution < -0.4 is 10.0 Å². The van der Waals surface area contributed by atoms with Crippen molar-refractivity contribution in [2.45, 2.75) is 89.8 Å². The highest BCUT2D eigenvalue weighted by atomic mass is 35.5. The Bertz CT molecular complexity index is 1050. The first-order chi connectivity index (χ1) is 16.8. The molecule has 36 heavy (non-hydrogen) atoms. The highest BCUT2D eigenvalue weighted by Gasteiger charge is 2.35. The van der Waals surface area contributed by atoms with E-state index >= 15 is 0 Å².